The Kier molecular flexibility index (Phi) is 6.45. The van der Waals surface area contributed by atoms with Gasteiger partial charge in [-0.15, -0.1) is 0 Å². The van der Waals surface area contributed by atoms with Crippen molar-refractivity contribution in [2.24, 2.45) is 5.92 Å². The van der Waals surface area contributed by atoms with Crippen LogP contribution < -0.4 is 10.6 Å². The molecule has 1 rings (SSSR count). The molecule has 5 heteroatoms. The number of carbonyl (C=O) groups is 1. The van der Waals surface area contributed by atoms with E-state index in [9.17, 15) is 9.18 Å². The lowest BCUT2D eigenvalue weighted by Gasteiger charge is -2.19. The summed E-state index contributed by atoms with van der Waals surface area (Å²) in [7, 11) is 1.61. The number of amides is 1. The molecule has 0 saturated heterocycles. The minimum atomic E-state index is -0.298. The van der Waals surface area contributed by atoms with E-state index in [4.69, 9.17) is 0 Å². The van der Waals surface area contributed by atoms with Crippen LogP contribution in [0.1, 0.15) is 25.8 Å². The van der Waals surface area contributed by atoms with Crippen LogP contribution in [0.3, 0.4) is 0 Å². The fourth-order valence-electron chi connectivity index (χ4n) is 1.83. The van der Waals surface area contributed by atoms with Gasteiger partial charge in [0, 0.05) is 23.6 Å². The number of likely N-dealkylation sites (N-methyl/N-ethyl adjacent to an activating group) is 1. The highest BCUT2D eigenvalue weighted by atomic mass is 79.9. The Morgan fingerprint density at radius 1 is 1.42 bits per heavy atom. The Hall–Kier alpha value is -0.940. The molecule has 0 aromatic heterocycles. The average molecular weight is 331 g/mol. The molecule has 0 fully saturated rings. The molecule has 106 valence electrons. The molecule has 1 aromatic carbocycles. The lowest BCUT2D eigenvalue weighted by atomic mass is 10.0. The van der Waals surface area contributed by atoms with Crippen LogP contribution in [0.25, 0.3) is 0 Å². The molecule has 2 N–H and O–H groups in total. The van der Waals surface area contributed by atoms with Crippen LogP contribution in [0.5, 0.6) is 0 Å². The van der Waals surface area contributed by atoms with E-state index in [1.54, 1.807) is 19.2 Å². The Morgan fingerprint density at radius 2 is 2.11 bits per heavy atom. The van der Waals surface area contributed by atoms with Crippen LogP contribution in [0, 0.1) is 11.7 Å². The minimum Gasteiger partial charge on any atom is -0.358 e. The normalized spacial score (nSPS) is 12.5. The van der Waals surface area contributed by atoms with Crippen molar-refractivity contribution < 1.29 is 9.18 Å². The first kappa shape index (κ1) is 16.1. The molecule has 0 saturated carbocycles. The summed E-state index contributed by atoms with van der Waals surface area (Å²) < 4.78 is 14.4. The van der Waals surface area contributed by atoms with Gasteiger partial charge in [-0.1, -0.05) is 35.8 Å². The number of benzene rings is 1. The quantitative estimate of drug-likeness (QED) is 0.842. The minimum absolute atomic E-state index is 0.0637. The molecule has 1 amide bonds. The monoisotopic (exact) mass is 330 g/mol. The first-order valence-corrected chi connectivity index (χ1v) is 7.12. The van der Waals surface area contributed by atoms with E-state index in [1.165, 1.54) is 6.07 Å². The van der Waals surface area contributed by atoms with E-state index in [0.717, 1.165) is 6.42 Å². The number of hydrogen-bond acceptors (Lipinski definition) is 2. The third kappa shape index (κ3) is 5.28. The second-order valence-electron chi connectivity index (χ2n) is 4.91. The summed E-state index contributed by atoms with van der Waals surface area (Å²) in [5.74, 6) is 0.0536. The number of nitrogens with one attached hydrogen (secondary N) is 2. The highest BCUT2D eigenvalue weighted by Crippen LogP contribution is 2.15. The predicted molar refractivity (Wildman–Crippen MR) is 78.2 cm³/mol. The van der Waals surface area contributed by atoms with E-state index in [2.05, 4.69) is 40.4 Å². The fourth-order valence-corrected chi connectivity index (χ4v) is 2.16. The number of rotatable bonds is 6. The van der Waals surface area contributed by atoms with Crippen LogP contribution >= 0.6 is 15.9 Å². The van der Waals surface area contributed by atoms with Gasteiger partial charge in [-0.2, -0.15) is 0 Å². The zero-order valence-corrected chi connectivity index (χ0v) is 13.1. The summed E-state index contributed by atoms with van der Waals surface area (Å²) in [4.78, 5) is 11.7. The van der Waals surface area contributed by atoms with Crippen LogP contribution in [-0.4, -0.2) is 19.0 Å². The van der Waals surface area contributed by atoms with Crippen molar-refractivity contribution in [3.8, 4) is 0 Å². The number of carbonyl (C=O) groups excluding carboxylic acids is 1. The fraction of sp³-hybridized carbons (Fsp3) is 0.500. The Balaban J connectivity index is 2.67. The SMILES string of the molecule is CNC(=O)C(CC(C)C)NCc1ccc(Br)cc1F. The predicted octanol–water partition coefficient (Wildman–Crippen LogP) is 2.84. The topological polar surface area (TPSA) is 41.1 Å². The molecule has 0 aliphatic rings. The van der Waals surface area contributed by atoms with Gasteiger partial charge < -0.3 is 10.6 Å². The second-order valence-corrected chi connectivity index (χ2v) is 5.83. The standard InChI is InChI=1S/C14H20BrFN2O/c1-9(2)6-13(14(19)17-3)18-8-10-4-5-11(15)7-12(10)16/h4-5,7,9,13,18H,6,8H2,1-3H3,(H,17,19). The van der Waals surface area contributed by atoms with Crippen LogP contribution in [-0.2, 0) is 11.3 Å². The third-order valence-corrected chi connectivity index (χ3v) is 3.32. The molecule has 0 bridgehead atoms. The maximum absolute atomic E-state index is 13.7. The molecule has 0 heterocycles. The lowest BCUT2D eigenvalue weighted by molar-refractivity contribution is -0.123. The van der Waals surface area contributed by atoms with E-state index in [-0.39, 0.29) is 17.8 Å². The largest absolute Gasteiger partial charge is 0.358 e. The van der Waals surface area contributed by atoms with Crippen molar-refractivity contribution in [3.63, 3.8) is 0 Å². The average Bonchev–Trinajstić information content (AvgIpc) is 2.34. The molecule has 1 atom stereocenters. The molecule has 0 radical (unpaired) electrons. The molecular formula is C14H20BrFN2O. The summed E-state index contributed by atoms with van der Waals surface area (Å²) in [5, 5.41) is 5.74. The van der Waals surface area contributed by atoms with Crippen LogP contribution in [0.15, 0.2) is 22.7 Å². The molecular weight excluding hydrogens is 311 g/mol. The van der Waals surface area contributed by atoms with Gasteiger partial charge in [0.25, 0.3) is 0 Å². The Labute approximate surface area is 122 Å². The zero-order valence-electron chi connectivity index (χ0n) is 11.5. The summed E-state index contributed by atoms with van der Waals surface area (Å²) in [6, 6.07) is 4.63. The maximum atomic E-state index is 13.7. The van der Waals surface area contributed by atoms with Gasteiger partial charge in [0.1, 0.15) is 5.82 Å². The van der Waals surface area contributed by atoms with Gasteiger partial charge in [-0.05, 0) is 24.5 Å². The van der Waals surface area contributed by atoms with Crippen molar-refractivity contribution in [2.45, 2.75) is 32.9 Å². The van der Waals surface area contributed by atoms with Gasteiger partial charge in [0.05, 0.1) is 6.04 Å². The van der Waals surface area contributed by atoms with Gasteiger partial charge in [-0.3, -0.25) is 4.79 Å². The van der Waals surface area contributed by atoms with Crippen LogP contribution in [0.4, 0.5) is 4.39 Å². The third-order valence-electron chi connectivity index (χ3n) is 2.82. The van der Waals surface area contributed by atoms with Gasteiger partial charge in [-0.25, -0.2) is 4.39 Å². The van der Waals surface area contributed by atoms with Crippen molar-refractivity contribution in [2.75, 3.05) is 7.05 Å². The lowest BCUT2D eigenvalue weighted by Crippen LogP contribution is -2.43. The molecule has 0 spiro atoms. The molecule has 1 aromatic rings. The van der Waals surface area contributed by atoms with Gasteiger partial charge >= 0.3 is 0 Å². The Morgan fingerprint density at radius 3 is 2.63 bits per heavy atom. The number of hydrogen-bond donors (Lipinski definition) is 2. The van der Waals surface area contributed by atoms with Crippen molar-refractivity contribution in [1.82, 2.24) is 10.6 Å². The first-order valence-electron chi connectivity index (χ1n) is 6.33. The summed E-state index contributed by atoms with van der Waals surface area (Å²) in [6.45, 7) is 4.44. The van der Waals surface area contributed by atoms with E-state index >= 15 is 0 Å². The summed E-state index contributed by atoms with van der Waals surface area (Å²) >= 11 is 3.22. The van der Waals surface area contributed by atoms with Crippen LogP contribution in [0.2, 0.25) is 0 Å². The van der Waals surface area contributed by atoms with Crippen molar-refractivity contribution in [1.29, 1.82) is 0 Å². The molecule has 0 aliphatic heterocycles. The number of halogens is 2. The summed E-state index contributed by atoms with van der Waals surface area (Å²) in [5.41, 5.74) is 0.556. The first-order chi connectivity index (χ1) is 8.93. The maximum Gasteiger partial charge on any atom is 0.236 e. The smallest absolute Gasteiger partial charge is 0.236 e. The van der Waals surface area contributed by atoms with E-state index in [0.29, 0.717) is 22.5 Å². The van der Waals surface area contributed by atoms with Crippen molar-refractivity contribution >= 4 is 21.8 Å². The van der Waals surface area contributed by atoms with E-state index < -0.39 is 0 Å². The van der Waals surface area contributed by atoms with Crippen molar-refractivity contribution in [3.05, 3.63) is 34.1 Å². The molecule has 19 heavy (non-hydrogen) atoms. The highest BCUT2D eigenvalue weighted by molar-refractivity contribution is 9.10. The zero-order chi connectivity index (χ0) is 14.4. The second kappa shape index (κ2) is 7.60. The molecule has 1 unspecified atom stereocenters. The molecule has 0 aliphatic carbocycles. The highest BCUT2D eigenvalue weighted by Gasteiger charge is 2.18. The molecule has 3 nitrogen and oxygen atoms in total. The van der Waals surface area contributed by atoms with Gasteiger partial charge in [0.2, 0.25) is 5.91 Å². The summed E-state index contributed by atoms with van der Waals surface area (Å²) in [6.07, 6.45) is 0.720. The van der Waals surface area contributed by atoms with Gasteiger partial charge in [0.15, 0.2) is 0 Å². The Bertz CT molecular complexity index is 437. The van der Waals surface area contributed by atoms with E-state index in [1.807, 2.05) is 0 Å².